The molecule has 1 aliphatic heterocycles. The maximum Gasteiger partial charge on any atom is 0.255 e. The second-order valence-electron chi connectivity index (χ2n) is 4.31. The largest absolute Gasteiger partial charge is 0.391 e. The van der Waals surface area contributed by atoms with Gasteiger partial charge >= 0.3 is 0 Å². The van der Waals surface area contributed by atoms with Crippen LogP contribution in [0, 0.1) is 6.92 Å². The van der Waals surface area contributed by atoms with Crippen molar-refractivity contribution in [2.45, 2.75) is 25.9 Å². The molecule has 0 saturated carbocycles. The van der Waals surface area contributed by atoms with Crippen LogP contribution in [0.25, 0.3) is 0 Å². The molecule has 92 valence electrons. The topological polar surface area (TPSA) is 53.4 Å². The van der Waals surface area contributed by atoms with Crippen molar-refractivity contribution in [3.63, 3.8) is 0 Å². The molecule has 17 heavy (non-hydrogen) atoms. The zero-order valence-electron chi connectivity index (χ0n) is 9.69. The van der Waals surface area contributed by atoms with Gasteiger partial charge in [-0.1, -0.05) is 11.6 Å². The van der Waals surface area contributed by atoms with Gasteiger partial charge in [0.2, 0.25) is 0 Å². The van der Waals surface area contributed by atoms with Crippen molar-refractivity contribution in [1.82, 2.24) is 9.88 Å². The van der Waals surface area contributed by atoms with Gasteiger partial charge < -0.3 is 10.0 Å². The zero-order chi connectivity index (χ0) is 12.4. The number of hydrogen-bond acceptors (Lipinski definition) is 3. The first kappa shape index (κ1) is 12.3. The Morgan fingerprint density at radius 1 is 1.59 bits per heavy atom. The lowest BCUT2D eigenvalue weighted by atomic mass is 10.1. The van der Waals surface area contributed by atoms with E-state index in [9.17, 15) is 9.90 Å². The van der Waals surface area contributed by atoms with E-state index in [-0.39, 0.29) is 5.91 Å². The summed E-state index contributed by atoms with van der Waals surface area (Å²) in [5, 5.41) is 9.94. The molecule has 1 N–H and O–H groups in total. The second kappa shape index (κ2) is 5.02. The van der Waals surface area contributed by atoms with Gasteiger partial charge in [0, 0.05) is 13.1 Å². The number of aryl methyl sites for hydroxylation is 1. The van der Waals surface area contributed by atoms with E-state index in [1.807, 2.05) is 0 Å². The lowest BCUT2D eigenvalue weighted by Crippen LogP contribution is -2.42. The quantitative estimate of drug-likeness (QED) is 0.776. The monoisotopic (exact) mass is 254 g/mol. The van der Waals surface area contributed by atoms with Crippen LogP contribution in [0.4, 0.5) is 0 Å². The minimum Gasteiger partial charge on any atom is -0.391 e. The highest BCUT2D eigenvalue weighted by molar-refractivity contribution is 6.29. The van der Waals surface area contributed by atoms with E-state index in [0.29, 0.717) is 29.5 Å². The third-order valence-electron chi connectivity index (χ3n) is 2.97. The van der Waals surface area contributed by atoms with Gasteiger partial charge in [0.1, 0.15) is 5.15 Å². The van der Waals surface area contributed by atoms with E-state index in [1.54, 1.807) is 24.0 Å². The summed E-state index contributed by atoms with van der Waals surface area (Å²) in [5.41, 5.74) is 1.19. The average molecular weight is 255 g/mol. The van der Waals surface area contributed by atoms with Crippen molar-refractivity contribution >= 4 is 17.5 Å². The molecule has 0 bridgehead atoms. The second-order valence-corrected chi connectivity index (χ2v) is 4.70. The molecule has 1 fully saturated rings. The molecule has 0 spiro atoms. The van der Waals surface area contributed by atoms with Crippen molar-refractivity contribution in [3.05, 3.63) is 28.5 Å². The maximum atomic E-state index is 12.2. The minimum atomic E-state index is -0.409. The van der Waals surface area contributed by atoms with Crippen molar-refractivity contribution in [1.29, 1.82) is 0 Å². The molecule has 1 saturated heterocycles. The Morgan fingerprint density at radius 3 is 3.00 bits per heavy atom. The first-order chi connectivity index (χ1) is 8.08. The number of β-amino-alcohol motifs (C(OH)–C–C–N with tert-alkyl or cyclic N) is 1. The Morgan fingerprint density at radius 2 is 2.35 bits per heavy atom. The van der Waals surface area contributed by atoms with Gasteiger partial charge in [-0.2, -0.15) is 0 Å². The molecule has 1 aromatic heterocycles. The molecule has 1 unspecified atom stereocenters. The first-order valence-corrected chi connectivity index (χ1v) is 6.06. The number of halogens is 1. The number of hydrogen-bond donors (Lipinski definition) is 1. The Balaban J connectivity index is 2.18. The van der Waals surface area contributed by atoms with Gasteiger partial charge in [-0.3, -0.25) is 4.79 Å². The summed E-state index contributed by atoms with van der Waals surface area (Å²) in [6.45, 7) is 2.86. The number of aliphatic hydroxyl groups excluding tert-OH is 1. The van der Waals surface area contributed by atoms with Gasteiger partial charge in [-0.05, 0) is 31.9 Å². The van der Waals surface area contributed by atoms with E-state index in [0.717, 1.165) is 12.8 Å². The zero-order valence-corrected chi connectivity index (χ0v) is 10.4. The number of rotatable bonds is 1. The molecule has 1 aliphatic rings. The number of piperidine rings is 1. The third kappa shape index (κ3) is 2.76. The number of aliphatic hydroxyl groups is 1. The molecule has 2 rings (SSSR count). The number of carbonyl (C=O) groups excluding carboxylic acids is 1. The molecule has 4 nitrogen and oxygen atoms in total. The first-order valence-electron chi connectivity index (χ1n) is 5.68. The number of likely N-dealkylation sites (tertiary alicyclic amines) is 1. The van der Waals surface area contributed by atoms with Crippen LogP contribution in [0.2, 0.25) is 5.15 Å². The highest BCUT2D eigenvalue weighted by Crippen LogP contribution is 2.17. The Kier molecular flexibility index (Phi) is 3.64. The molecule has 1 aromatic rings. The summed E-state index contributed by atoms with van der Waals surface area (Å²) in [5.74, 6) is -0.0783. The maximum absolute atomic E-state index is 12.2. The summed E-state index contributed by atoms with van der Waals surface area (Å²) in [7, 11) is 0. The van der Waals surface area contributed by atoms with E-state index in [1.165, 1.54) is 0 Å². The number of carbonyl (C=O) groups is 1. The van der Waals surface area contributed by atoms with Crippen LogP contribution in [0.5, 0.6) is 0 Å². The van der Waals surface area contributed by atoms with E-state index >= 15 is 0 Å². The van der Waals surface area contributed by atoms with Crippen LogP contribution >= 0.6 is 11.6 Å². The van der Waals surface area contributed by atoms with Gasteiger partial charge in [-0.25, -0.2) is 4.98 Å². The van der Waals surface area contributed by atoms with Crippen LogP contribution in [-0.4, -0.2) is 40.1 Å². The lowest BCUT2D eigenvalue weighted by Gasteiger charge is -2.30. The number of nitrogens with zero attached hydrogens (tertiary/aromatic N) is 2. The molecular formula is C12H15ClN2O2. The summed E-state index contributed by atoms with van der Waals surface area (Å²) in [4.78, 5) is 17.9. The molecular weight excluding hydrogens is 240 g/mol. The Labute approximate surface area is 105 Å². The highest BCUT2D eigenvalue weighted by atomic mass is 35.5. The van der Waals surface area contributed by atoms with Crippen LogP contribution < -0.4 is 0 Å². The van der Waals surface area contributed by atoms with Gasteiger partial charge in [-0.15, -0.1) is 0 Å². The number of pyridine rings is 1. The molecule has 0 aromatic carbocycles. The van der Waals surface area contributed by atoms with Crippen molar-refractivity contribution in [3.8, 4) is 0 Å². The lowest BCUT2D eigenvalue weighted by molar-refractivity contribution is 0.0472. The summed E-state index contributed by atoms with van der Waals surface area (Å²) in [6.07, 6.45) is 1.20. The molecule has 0 radical (unpaired) electrons. The fraction of sp³-hybridized carbons (Fsp3) is 0.500. The predicted octanol–water partition coefficient (Wildman–Crippen LogP) is 1.64. The molecule has 5 heteroatoms. The number of amides is 1. The van der Waals surface area contributed by atoms with Gasteiger partial charge in [0.05, 0.1) is 17.4 Å². The Bertz CT molecular complexity index is 437. The van der Waals surface area contributed by atoms with Crippen molar-refractivity contribution < 1.29 is 9.90 Å². The summed E-state index contributed by atoms with van der Waals surface area (Å²) in [6, 6.07) is 3.30. The SMILES string of the molecule is Cc1nc(Cl)ccc1C(=O)N1CCCC(O)C1. The molecule has 1 atom stereocenters. The normalized spacial score (nSPS) is 20.4. The van der Waals surface area contributed by atoms with E-state index in [2.05, 4.69) is 4.98 Å². The van der Waals surface area contributed by atoms with Crippen LogP contribution in [0.15, 0.2) is 12.1 Å². The van der Waals surface area contributed by atoms with Crippen LogP contribution in [0.1, 0.15) is 28.9 Å². The fourth-order valence-corrected chi connectivity index (χ4v) is 2.26. The molecule has 0 aliphatic carbocycles. The van der Waals surface area contributed by atoms with E-state index < -0.39 is 6.10 Å². The van der Waals surface area contributed by atoms with Crippen LogP contribution in [0.3, 0.4) is 0 Å². The predicted molar refractivity (Wildman–Crippen MR) is 65.1 cm³/mol. The highest BCUT2D eigenvalue weighted by Gasteiger charge is 2.24. The van der Waals surface area contributed by atoms with Gasteiger partial charge in [0.15, 0.2) is 0 Å². The molecule has 2 heterocycles. The Hall–Kier alpha value is -1.13. The standard InChI is InChI=1S/C12H15ClN2O2/c1-8-10(4-5-11(13)14-8)12(17)15-6-2-3-9(16)7-15/h4-5,9,16H,2-3,6-7H2,1H3. The van der Waals surface area contributed by atoms with Crippen molar-refractivity contribution in [2.75, 3.05) is 13.1 Å². The van der Waals surface area contributed by atoms with E-state index in [4.69, 9.17) is 11.6 Å². The molecule has 1 amide bonds. The average Bonchev–Trinajstić information content (AvgIpc) is 2.28. The summed E-state index contributed by atoms with van der Waals surface area (Å²) < 4.78 is 0. The van der Waals surface area contributed by atoms with Crippen molar-refractivity contribution in [2.24, 2.45) is 0 Å². The summed E-state index contributed by atoms with van der Waals surface area (Å²) >= 11 is 5.75. The third-order valence-corrected chi connectivity index (χ3v) is 3.18. The number of aromatic nitrogens is 1. The van der Waals surface area contributed by atoms with Gasteiger partial charge in [0.25, 0.3) is 5.91 Å². The fourth-order valence-electron chi connectivity index (χ4n) is 2.07. The minimum absolute atomic E-state index is 0.0783. The van der Waals surface area contributed by atoms with Crippen LogP contribution in [-0.2, 0) is 0 Å². The smallest absolute Gasteiger partial charge is 0.255 e.